The van der Waals surface area contributed by atoms with Gasteiger partial charge < -0.3 is 90.2 Å². The van der Waals surface area contributed by atoms with E-state index in [0.717, 1.165) is 13.1 Å². The molecule has 0 aliphatic heterocycles. The Morgan fingerprint density at radius 3 is 0.562 bits per heavy atom. The van der Waals surface area contributed by atoms with Crippen molar-refractivity contribution in [1.82, 2.24) is 5.32 Å². The largest absolute Gasteiger partial charge is 0.333 e. The molecule has 0 aliphatic rings. The van der Waals surface area contributed by atoms with Crippen LogP contribution in [-0.4, -0.2) is 131 Å². The van der Waals surface area contributed by atoms with Crippen LogP contribution in [0.15, 0.2) is 0 Å². The molecule has 0 bridgehead atoms. The van der Waals surface area contributed by atoms with Crippen LogP contribution in [-0.2, 0) is 0 Å². The lowest BCUT2D eigenvalue weighted by Gasteiger charge is -1.95. The summed E-state index contributed by atoms with van der Waals surface area (Å²) in [5, 5.41) is 3.03. The quantitative estimate of drug-likeness (QED) is 0.108. The zero-order valence-electron chi connectivity index (χ0n) is 17.0. The minimum absolute atomic E-state index is 0.694. The Balaban J connectivity index is -0.0000000637. The molecule has 0 atom stereocenters. The van der Waals surface area contributed by atoms with Gasteiger partial charge in [0.05, 0.1) is 0 Å². The van der Waals surface area contributed by atoms with Gasteiger partial charge >= 0.3 is 0 Å². The van der Waals surface area contributed by atoms with Crippen LogP contribution in [0.1, 0.15) is 0 Å². The second-order valence-electron chi connectivity index (χ2n) is 4.79. The molecule has 32 heavy (non-hydrogen) atoms. The van der Waals surface area contributed by atoms with Gasteiger partial charge in [-0.15, -0.1) is 0 Å². The zero-order chi connectivity index (χ0) is 28.0. The van der Waals surface area contributed by atoms with Gasteiger partial charge in [0.25, 0.3) is 0 Å². The Hall–Kier alpha value is 0.780. The van der Waals surface area contributed by atoms with Gasteiger partial charge in [-0.05, 0) is 31.5 Å². The smallest absolute Gasteiger partial charge is 0.242 e. The maximum absolute atomic E-state index is 7.63. The maximum atomic E-state index is 7.63. The fourth-order valence-corrected chi connectivity index (χ4v) is 0.329. The second-order valence-corrected chi connectivity index (χ2v) is 11.7. The molecular formula is C9H38N3O15P5. The van der Waals surface area contributed by atoms with Crippen LogP contribution in [0.4, 0.5) is 0 Å². The molecule has 0 aromatic rings. The lowest BCUT2D eigenvalue weighted by molar-refractivity contribution is 0.359. The molecule has 204 valence electrons. The molecule has 23 heteroatoms. The normalized spacial score (nSPS) is 11.3. The summed E-state index contributed by atoms with van der Waals surface area (Å²) in [5.74, 6) is 0. The van der Waals surface area contributed by atoms with E-state index in [9.17, 15) is 0 Å². The average Bonchev–Trinajstić information content (AvgIpc) is 2.28. The molecule has 0 amide bonds. The van der Waals surface area contributed by atoms with Crippen LogP contribution in [0.25, 0.3) is 0 Å². The highest BCUT2D eigenvalue weighted by Crippen LogP contribution is 2.26. The fourth-order valence-electron chi connectivity index (χ4n) is 0.329. The van der Waals surface area contributed by atoms with Crippen molar-refractivity contribution >= 4 is 69.3 Å². The van der Waals surface area contributed by atoms with Crippen molar-refractivity contribution in [2.75, 3.05) is 26.2 Å². The summed E-state index contributed by atoms with van der Waals surface area (Å²) in [6.07, 6.45) is 12.7. The van der Waals surface area contributed by atoms with E-state index in [-0.39, 0.29) is 0 Å². The molecular weight excluding hydrogens is 545 g/mol. The van der Waals surface area contributed by atoms with Crippen molar-refractivity contribution in [3.8, 4) is 0 Å². The van der Waals surface area contributed by atoms with Gasteiger partial charge in [-0.1, -0.05) is 0 Å². The standard InChI is InChI=1S/C4H13N3.5CH5O3P/c5-1-3-7-4-2-6;5*1-5(2,3)4/h7H,1-6H2;5*2-4H,1H2. The van der Waals surface area contributed by atoms with E-state index in [1.165, 1.54) is 0 Å². The first-order valence-electron chi connectivity index (χ1n) is 7.10. The lowest BCUT2D eigenvalue weighted by atomic mass is 10.6. The highest BCUT2D eigenvalue weighted by molar-refractivity contribution is 7.57. The summed E-state index contributed by atoms with van der Waals surface area (Å²) in [6, 6.07) is 0. The summed E-state index contributed by atoms with van der Waals surface area (Å²) in [4.78, 5) is 114. The van der Waals surface area contributed by atoms with Gasteiger partial charge in [0.1, 0.15) is 0 Å². The third-order valence-electron chi connectivity index (χ3n) is 0.642. The first-order chi connectivity index (χ1) is 13.4. The van der Waals surface area contributed by atoms with E-state index in [1.807, 2.05) is 0 Å². The summed E-state index contributed by atoms with van der Waals surface area (Å²) >= 11 is 0. The van der Waals surface area contributed by atoms with Gasteiger partial charge in [0.2, 0.25) is 37.8 Å². The highest BCUT2D eigenvalue weighted by Gasteiger charge is 1.89. The molecule has 0 aliphatic carbocycles. The Kier molecular flexibility index (Phi) is 33.9. The second kappa shape index (κ2) is 23.5. The summed E-state index contributed by atoms with van der Waals surface area (Å²) in [7, 11) is -18.2. The molecule has 0 aromatic heterocycles. The van der Waals surface area contributed by atoms with Gasteiger partial charge in [0, 0.05) is 26.2 Å². The van der Waals surface area contributed by atoms with E-state index in [1.54, 1.807) is 0 Å². The molecule has 0 saturated heterocycles. The molecule has 0 heterocycles. The lowest BCUT2D eigenvalue weighted by Crippen LogP contribution is -2.27. The Morgan fingerprint density at radius 1 is 0.406 bits per heavy atom. The monoisotopic (exact) mass is 583 g/mol. The van der Waals surface area contributed by atoms with Gasteiger partial charge in [-0.25, -0.2) is 0 Å². The molecule has 0 aromatic carbocycles. The number of rotatable bonds is 4. The predicted octanol–water partition coefficient (Wildman–Crippen LogP) is -5.72. The molecule has 20 N–H and O–H groups in total. The van der Waals surface area contributed by atoms with Crippen molar-refractivity contribution < 1.29 is 73.4 Å². The summed E-state index contributed by atoms with van der Waals surface area (Å²) < 4.78 is 0. The third-order valence-corrected chi connectivity index (χ3v) is 0.642. The van der Waals surface area contributed by atoms with Crippen molar-refractivity contribution in [1.29, 1.82) is 0 Å². The topological polar surface area (TPSA) is 368 Å². The van der Waals surface area contributed by atoms with Gasteiger partial charge in [-0.3, -0.25) is 0 Å². The van der Waals surface area contributed by atoms with E-state index < -0.39 is 37.8 Å². The van der Waals surface area contributed by atoms with Crippen LogP contribution < -0.4 is 16.8 Å². The number of hydrogen-bond acceptors (Lipinski definition) is 18. The number of nitrogens with two attached hydrogens (primary N) is 2. The minimum atomic E-state index is -3.64. The van der Waals surface area contributed by atoms with E-state index in [4.69, 9.17) is 84.9 Å². The first-order valence-corrected chi connectivity index (χ1v) is 16.3. The van der Waals surface area contributed by atoms with Crippen LogP contribution in [0.3, 0.4) is 0 Å². The average molecular weight is 583 g/mol. The van der Waals surface area contributed by atoms with Gasteiger partial charge in [-0.2, -0.15) is 0 Å². The summed E-state index contributed by atoms with van der Waals surface area (Å²) in [6.45, 7) is 3.13. The maximum Gasteiger partial charge on any atom is 0.242 e. The van der Waals surface area contributed by atoms with E-state index >= 15 is 0 Å². The highest BCUT2D eigenvalue weighted by atomic mass is 31.2. The Morgan fingerprint density at radius 2 is 0.500 bits per heavy atom. The first kappa shape index (κ1) is 46.2. The van der Waals surface area contributed by atoms with Crippen molar-refractivity contribution in [3.63, 3.8) is 0 Å². The molecule has 0 spiro atoms. The van der Waals surface area contributed by atoms with Crippen LogP contribution >= 0.6 is 37.8 Å². The van der Waals surface area contributed by atoms with Crippen molar-refractivity contribution in [2.24, 2.45) is 11.5 Å². The van der Waals surface area contributed by atoms with Crippen LogP contribution in [0.5, 0.6) is 0 Å². The molecule has 0 unspecified atom stereocenters. The molecule has 0 rings (SSSR count). The van der Waals surface area contributed by atoms with Crippen molar-refractivity contribution in [2.45, 2.75) is 0 Å². The SMILES string of the molecule is C=P(O)(O)O.C=P(O)(O)O.C=P(O)(O)O.C=P(O)(O)O.C=P(O)(O)O.NCCNCCN. The number of nitrogens with one attached hydrogen (secondary N) is 1. The van der Waals surface area contributed by atoms with E-state index in [2.05, 4.69) is 36.8 Å². The van der Waals surface area contributed by atoms with Gasteiger partial charge in [0.15, 0.2) is 0 Å². The molecule has 0 saturated carbocycles. The Labute approximate surface area is 186 Å². The molecule has 18 nitrogen and oxygen atoms in total. The number of hydrogen-bond donors (Lipinski definition) is 18. The third kappa shape index (κ3) is 1190. The predicted molar refractivity (Wildman–Crippen MR) is 134 cm³/mol. The minimum Gasteiger partial charge on any atom is -0.333 e. The van der Waals surface area contributed by atoms with Crippen LogP contribution in [0, 0.1) is 0 Å². The van der Waals surface area contributed by atoms with E-state index in [0.29, 0.717) is 13.1 Å². The molecule has 0 fully saturated rings. The Bertz CT molecular complexity index is 471. The fraction of sp³-hybridized carbons (Fsp3) is 0.444. The zero-order valence-corrected chi connectivity index (χ0v) is 21.4. The van der Waals surface area contributed by atoms with Crippen molar-refractivity contribution in [3.05, 3.63) is 0 Å². The molecule has 0 radical (unpaired) electrons. The summed E-state index contributed by atoms with van der Waals surface area (Å²) in [5.41, 5.74) is 10.3. The van der Waals surface area contributed by atoms with Crippen LogP contribution in [0.2, 0.25) is 0 Å².